The van der Waals surface area contributed by atoms with Crippen LogP contribution in [0.4, 0.5) is 5.69 Å². The first-order chi connectivity index (χ1) is 15.0. The maximum Gasteiger partial charge on any atom is 0.291 e. The quantitative estimate of drug-likeness (QED) is 0.322. The van der Waals surface area contributed by atoms with Crippen LogP contribution in [0.5, 0.6) is 11.5 Å². The Morgan fingerprint density at radius 3 is 2.55 bits per heavy atom. The van der Waals surface area contributed by atoms with Gasteiger partial charge in [-0.15, -0.1) is 5.10 Å². The van der Waals surface area contributed by atoms with Crippen molar-refractivity contribution in [2.24, 2.45) is 0 Å². The molecule has 0 fully saturated rings. The normalized spacial score (nSPS) is 11.7. The Morgan fingerprint density at radius 1 is 1.13 bits per heavy atom. The average molecular weight is 438 g/mol. The highest BCUT2D eigenvalue weighted by molar-refractivity contribution is 7.15. The maximum atomic E-state index is 12.7. The molecule has 0 saturated carbocycles. The minimum atomic E-state index is -0.464. The molecular weight excluding hydrogens is 420 g/mol. The van der Waals surface area contributed by atoms with E-state index in [9.17, 15) is 14.9 Å². The molecule has 9 nitrogen and oxygen atoms in total. The van der Waals surface area contributed by atoms with Crippen molar-refractivity contribution in [2.45, 2.75) is 12.8 Å². The zero-order chi connectivity index (χ0) is 22.0. The fourth-order valence-electron chi connectivity index (χ4n) is 3.15. The van der Waals surface area contributed by atoms with E-state index < -0.39 is 4.92 Å². The molecule has 0 aliphatic carbocycles. The van der Waals surface area contributed by atoms with Crippen LogP contribution in [0.25, 0.3) is 11.0 Å². The molecule has 4 aromatic rings. The minimum Gasteiger partial charge on any atom is -0.497 e. The average Bonchev–Trinajstić information content (AvgIpc) is 3.31. The number of ether oxygens (including phenoxy) is 2. The molecule has 2 aromatic heterocycles. The molecule has 0 N–H and O–H groups in total. The van der Waals surface area contributed by atoms with Gasteiger partial charge in [0.2, 0.25) is 4.96 Å². The summed E-state index contributed by atoms with van der Waals surface area (Å²) < 4.78 is 12.4. The number of thiazole rings is 1. The van der Waals surface area contributed by atoms with Gasteiger partial charge >= 0.3 is 0 Å². The lowest BCUT2D eigenvalue weighted by Gasteiger charge is -2.09. The van der Waals surface area contributed by atoms with E-state index in [2.05, 4.69) is 10.1 Å². The van der Waals surface area contributed by atoms with Crippen LogP contribution in [0.15, 0.2) is 47.3 Å². The molecule has 0 atom stereocenters. The first-order valence-corrected chi connectivity index (χ1v) is 10.2. The fraction of sp³-hybridized carbons (Fsp3) is 0.190. The predicted molar refractivity (Wildman–Crippen MR) is 116 cm³/mol. The summed E-state index contributed by atoms with van der Waals surface area (Å²) in [6.07, 6.45) is 2.85. The van der Waals surface area contributed by atoms with Gasteiger partial charge in [-0.05, 0) is 54.0 Å². The van der Waals surface area contributed by atoms with Crippen molar-refractivity contribution in [3.63, 3.8) is 0 Å². The van der Waals surface area contributed by atoms with Gasteiger partial charge < -0.3 is 9.47 Å². The molecule has 10 heteroatoms. The number of aromatic nitrogens is 3. The van der Waals surface area contributed by atoms with Crippen LogP contribution in [0.3, 0.4) is 0 Å². The van der Waals surface area contributed by atoms with Crippen LogP contribution >= 0.6 is 11.3 Å². The Labute approximate surface area is 180 Å². The molecule has 2 heterocycles. The molecule has 158 valence electrons. The SMILES string of the molecule is COc1ccc(OC)c(CCc2nc3sc(=Cc4ccc([N+](=O)[O-])cc4)c(=O)n3n2)c1. The van der Waals surface area contributed by atoms with E-state index in [-0.39, 0.29) is 11.2 Å². The number of methoxy groups -OCH3 is 2. The number of benzene rings is 2. The standard InChI is InChI=1S/C21H18N4O5S/c1-29-16-8-9-17(30-2)14(12-16)5-10-19-22-21-24(23-19)20(26)18(31-21)11-13-3-6-15(7-4-13)25(27)28/h3-4,6-9,11-12H,5,10H2,1-2H3. The minimum absolute atomic E-state index is 0.000505. The van der Waals surface area contributed by atoms with E-state index in [0.29, 0.717) is 33.7 Å². The van der Waals surface area contributed by atoms with Crippen molar-refractivity contribution in [2.75, 3.05) is 14.2 Å². The van der Waals surface area contributed by atoms with Crippen molar-refractivity contribution >= 4 is 28.1 Å². The van der Waals surface area contributed by atoms with Gasteiger partial charge in [0.05, 0.1) is 23.7 Å². The predicted octanol–water partition coefficient (Wildman–Crippen LogP) is 2.41. The van der Waals surface area contributed by atoms with Crippen molar-refractivity contribution < 1.29 is 14.4 Å². The smallest absolute Gasteiger partial charge is 0.291 e. The van der Waals surface area contributed by atoms with E-state index in [1.54, 1.807) is 32.4 Å². The van der Waals surface area contributed by atoms with Crippen LogP contribution in [0.2, 0.25) is 0 Å². The van der Waals surface area contributed by atoms with Gasteiger partial charge in [-0.2, -0.15) is 4.52 Å². The molecule has 0 aliphatic heterocycles. The van der Waals surface area contributed by atoms with Crippen molar-refractivity contribution in [1.82, 2.24) is 14.6 Å². The molecule has 0 unspecified atom stereocenters. The first-order valence-electron chi connectivity index (χ1n) is 9.34. The number of hydrogen-bond acceptors (Lipinski definition) is 8. The molecular formula is C21H18N4O5S. The van der Waals surface area contributed by atoms with Crippen LogP contribution in [0.1, 0.15) is 17.0 Å². The van der Waals surface area contributed by atoms with Gasteiger partial charge in [0, 0.05) is 18.6 Å². The van der Waals surface area contributed by atoms with Crippen LogP contribution in [-0.2, 0) is 12.8 Å². The zero-order valence-electron chi connectivity index (χ0n) is 16.8. The molecule has 0 aliphatic rings. The van der Waals surface area contributed by atoms with Crippen LogP contribution in [-0.4, -0.2) is 33.7 Å². The molecule has 0 saturated heterocycles. The Bertz CT molecular complexity index is 1360. The van der Waals surface area contributed by atoms with Crippen molar-refractivity contribution in [3.05, 3.63) is 84.4 Å². The van der Waals surface area contributed by atoms with E-state index >= 15 is 0 Å². The lowest BCUT2D eigenvalue weighted by atomic mass is 10.1. The highest BCUT2D eigenvalue weighted by atomic mass is 32.1. The third-order valence-corrected chi connectivity index (χ3v) is 5.69. The largest absolute Gasteiger partial charge is 0.497 e. The molecule has 0 bridgehead atoms. The van der Waals surface area contributed by atoms with E-state index in [1.807, 2.05) is 18.2 Å². The molecule has 0 spiro atoms. The Hall–Kier alpha value is -3.79. The monoisotopic (exact) mass is 438 g/mol. The van der Waals surface area contributed by atoms with E-state index in [1.165, 1.54) is 28.0 Å². The summed E-state index contributed by atoms with van der Waals surface area (Å²) in [6, 6.07) is 11.6. The lowest BCUT2D eigenvalue weighted by molar-refractivity contribution is -0.384. The summed E-state index contributed by atoms with van der Waals surface area (Å²) in [6.45, 7) is 0. The second-order valence-corrected chi connectivity index (χ2v) is 7.67. The number of hydrogen-bond donors (Lipinski definition) is 0. The maximum absolute atomic E-state index is 12.7. The number of aryl methyl sites for hydroxylation is 2. The second-order valence-electron chi connectivity index (χ2n) is 6.66. The third kappa shape index (κ3) is 4.24. The highest BCUT2D eigenvalue weighted by Crippen LogP contribution is 2.25. The van der Waals surface area contributed by atoms with Gasteiger partial charge in [-0.25, -0.2) is 4.98 Å². The number of fused-ring (bicyclic) bond motifs is 1. The van der Waals surface area contributed by atoms with Gasteiger partial charge in [-0.1, -0.05) is 11.3 Å². The van der Waals surface area contributed by atoms with Crippen LogP contribution < -0.4 is 19.6 Å². The number of nitro benzene ring substituents is 1. The topological polar surface area (TPSA) is 109 Å². The third-order valence-electron chi connectivity index (χ3n) is 4.73. The Balaban J connectivity index is 1.57. The summed E-state index contributed by atoms with van der Waals surface area (Å²) >= 11 is 1.23. The fourth-order valence-corrected chi connectivity index (χ4v) is 4.07. The number of non-ortho nitro benzene ring substituents is 1. The van der Waals surface area contributed by atoms with E-state index in [4.69, 9.17) is 9.47 Å². The Kier molecular flexibility index (Phi) is 5.63. The molecule has 0 amide bonds. The highest BCUT2D eigenvalue weighted by Gasteiger charge is 2.12. The lowest BCUT2D eigenvalue weighted by Crippen LogP contribution is -2.23. The summed E-state index contributed by atoms with van der Waals surface area (Å²) in [5, 5.41) is 15.1. The zero-order valence-corrected chi connectivity index (χ0v) is 17.6. The van der Waals surface area contributed by atoms with Crippen molar-refractivity contribution in [3.8, 4) is 11.5 Å². The summed E-state index contributed by atoms with van der Waals surface area (Å²) in [5.74, 6) is 2.06. The van der Waals surface area contributed by atoms with Gasteiger partial charge in [-0.3, -0.25) is 14.9 Å². The second kappa shape index (κ2) is 8.52. The summed E-state index contributed by atoms with van der Waals surface area (Å²) in [4.78, 5) is 28.0. The molecule has 31 heavy (non-hydrogen) atoms. The Morgan fingerprint density at radius 2 is 1.90 bits per heavy atom. The van der Waals surface area contributed by atoms with Gasteiger partial charge in [0.15, 0.2) is 5.82 Å². The number of nitro groups is 1. The number of nitrogens with zero attached hydrogens (tertiary/aromatic N) is 4. The molecule has 0 radical (unpaired) electrons. The van der Waals surface area contributed by atoms with Crippen LogP contribution in [0, 0.1) is 10.1 Å². The summed E-state index contributed by atoms with van der Waals surface area (Å²) in [5.41, 5.74) is 1.39. The molecule has 4 rings (SSSR count). The summed E-state index contributed by atoms with van der Waals surface area (Å²) in [7, 11) is 3.22. The van der Waals surface area contributed by atoms with E-state index in [0.717, 1.165) is 17.1 Å². The van der Waals surface area contributed by atoms with Gasteiger partial charge in [0.1, 0.15) is 11.5 Å². The molecule has 2 aromatic carbocycles. The number of rotatable bonds is 7. The van der Waals surface area contributed by atoms with Gasteiger partial charge in [0.25, 0.3) is 11.2 Å². The first kappa shape index (κ1) is 20.5. The van der Waals surface area contributed by atoms with Crippen molar-refractivity contribution in [1.29, 1.82) is 0 Å².